The molecule has 1 aromatic rings. The van der Waals surface area contributed by atoms with Crippen molar-refractivity contribution >= 4 is 5.91 Å². The van der Waals surface area contributed by atoms with Crippen LogP contribution in [0.3, 0.4) is 0 Å². The third kappa shape index (κ3) is 4.34. The molecule has 0 aliphatic heterocycles. The molecule has 0 saturated heterocycles. The Balaban J connectivity index is 2.79. The average Bonchev–Trinajstić information content (AvgIpc) is 2.74. The van der Waals surface area contributed by atoms with E-state index in [-0.39, 0.29) is 24.5 Å². The SMILES string of the molecule is CC[C@@H](C)[C@H](CO)NC(=O)c1cc(CC(C)C)nn1C. The van der Waals surface area contributed by atoms with Crippen LogP contribution in [0.4, 0.5) is 0 Å². The largest absolute Gasteiger partial charge is 0.394 e. The maximum atomic E-state index is 12.3. The van der Waals surface area contributed by atoms with Crippen LogP contribution in [-0.2, 0) is 13.5 Å². The van der Waals surface area contributed by atoms with Gasteiger partial charge in [-0.15, -0.1) is 0 Å². The van der Waals surface area contributed by atoms with E-state index in [0.717, 1.165) is 18.5 Å². The summed E-state index contributed by atoms with van der Waals surface area (Å²) in [4.78, 5) is 12.3. The molecule has 0 fully saturated rings. The van der Waals surface area contributed by atoms with Gasteiger partial charge in [0.05, 0.1) is 18.3 Å². The number of aliphatic hydroxyl groups is 1. The van der Waals surface area contributed by atoms with Crippen molar-refractivity contribution in [2.75, 3.05) is 6.61 Å². The monoisotopic (exact) mass is 281 g/mol. The van der Waals surface area contributed by atoms with Crippen molar-refractivity contribution in [3.8, 4) is 0 Å². The number of rotatable bonds is 7. The van der Waals surface area contributed by atoms with E-state index in [1.165, 1.54) is 0 Å². The molecule has 1 heterocycles. The number of aromatic nitrogens is 2. The molecule has 114 valence electrons. The first-order valence-electron chi connectivity index (χ1n) is 7.33. The molecule has 0 spiro atoms. The molecule has 0 radical (unpaired) electrons. The molecule has 2 N–H and O–H groups in total. The smallest absolute Gasteiger partial charge is 0.269 e. The first-order valence-corrected chi connectivity index (χ1v) is 7.33. The van der Waals surface area contributed by atoms with Gasteiger partial charge >= 0.3 is 0 Å². The molecule has 2 atom stereocenters. The van der Waals surface area contributed by atoms with Crippen molar-refractivity contribution in [3.05, 3.63) is 17.5 Å². The van der Waals surface area contributed by atoms with Crippen molar-refractivity contribution < 1.29 is 9.90 Å². The fourth-order valence-electron chi connectivity index (χ4n) is 2.15. The van der Waals surface area contributed by atoms with Crippen LogP contribution < -0.4 is 5.32 Å². The summed E-state index contributed by atoms with van der Waals surface area (Å²) < 4.78 is 1.61. The van der Waals surface area contributed by atoms with Gasteiger partial charge in [-0.1, -0.05) is 34.1 Å². The lowest BCUT2D eigenvalue weighted by atomic mass is 10.00. The second-order valence-corrected chi connectivity index (χ2v) is 5.89. The number of carbonyl (C=O) groups is 1. The van der Waals surface area contributed by atoms with Crippen molar-refractivity contribution in [1.29, 1.82) is 0 Å². The summed E-state index contributed by atoms with van der Waals surface area (Å²) in [7, 11) is 1.77. The van der Waals surface area contributed by atoms with Gasteiger partial charge in [-0.25, -0.2) is 0 Å². The Labute approximate surface area is 121 Å². The zero-order chi connectivity index (χ0) is 15.3. The Bertz CT molecular complexity index is 440. The molecule has 0 aliphatic carbocycles. The summed E-state index contributed by atoms with van der Waals surface area (Å²) in [6.07, 6.45) is 1.77. The van der Waals surface area contributed by atoms with E-state index in [1.54, 1.807) is 11.7 Å². The molecule has 0 aromatic carbocycles. The molecule has 0 bridgehead atoms. The summed E-state index contributed by atoms with van der Waals surface area (Å²) >= 11 is 0. The third-order valence-electron chi connectivity index (χ3n) is 3.62. The summed E-state index contributed by atoms with van der Waals surface area (Å²) in [5.74, 6) is 0.577. The van der Waals surface area contributed by atoms with Crippen LogP contribution in [0.2, 0.25) is 0 Å². The Hall–Kier alpha value is -1.36. The lowest BCUT2D eigenvalue weighted by molar-refractivity contribution is 0.0882. The molecule has 1 amide bonds. The normalized spacial score (nSPS) is 14.3. The summed E-state index contributed by atoms with van der Waals surface area (Å²) in [5.41, 5.74) is 1.47. The zero-order valence-electron chi connectivity index (χ0n) is 13.2. The summed E-state index contributed by atoms with van der Waals surface area (Å²) in [6.45, 7) is 8.27. The Kier molecular flexibility index (Phi) is 6.20. The van der Waals surface area contributed by atoms with Gasteiger partial charge < -0.3 is 10.4 Å². The number of amides is 1. The van der Waals surface area contributed by atoms with Gasteiger partial charge in [0.15, 0.2) is 0 Å². The highest BCUT2D eigenvalue weighted by Crippen LogP contribution is 2.11. The first kappa shape index (κ1) is 16.7. The zero-order valence-corrected chi connectivity index (χ0v) is 13.2. The quantitative estimate of drug-likeness (QED) is 0.800. The minimum Gasteiger partial charge on any atom is -0.394 e. The van der Waals surface area contributed by atoms with Crippen LogP contribution in [0.25, 0.3) is 0 Å². The van der Waals surface area contributed by atoms with Crippen molar-refractivity contribution in [1.82, 2.24) is 15.1 Å². The molecular weight excluding hydrogens is 254 g/mol. The molecule has 1 aromatic heterocycles. The number of carbonyl (C=O) groups excluding carboxylic acids is 1. The van der Waals surface area contributed by atoms with E-state index in [1.807, 2.05) is 19.9 Å². The molecular formula is C15H27N3O2. The van der Waals surface area contributed by atoms with Gasteiger partial charge in [-0.2, -0.15) is 5.10 Å². The molecule has 0 unspecified atom stereocenters. The topological polar surface area (TPSA) is 67.2 Å². The number of nitrogens with zero attached hydrogens (tertiary/aromatic N) is 2. The molecule has 5 heteroatoms. The van der Waals surface area contributed by atoms with Gasteiger partial charge in [0.1, 0.15) is 5.69 Å². The van der Waals surface area contributed by atoms with Crippen LogP contribution in [0.15, 0.2) is 6.07 Å². The highest BCUT2D eigenvalue weighted by molar-refractivity contribution is 5.92. The predicted molar refractivity (Wildman–Crippen MR) is 79.5 cm³/mol. The highest BCUT2D eigenvalue weighted by Gasteiger charge is 2.20. The van der Waals surface area contributed by atoms with E-state index < -0.39 is 0 Å². The molecule has 1 rings (SSSR count). The van der Waals surface area contributed by atoms with E-state index >= 15 is 0 Å². The lowest BCUT2D eigenvalue weighted by Crippen LogP contribution is -2.42. The number of nitrogens with one attached hydrogen (secondary N) is 1. The number of aryl methyl sites for hydroxylation is 1. The third-order valence-corrected chi connectivity index (χ3v) is 3.62. The Morgan fingerprint density at radius 1 is 1.45 bits per heavy atom. The Morgan fingerprint density at radius 3 is 2.60 bits per heavy atom. The minimum absolute atomic E-state index is 0.0442. The lowest BCUT2D eigenvalue weighted by Gasteiger charge is -2.21. The highest BCUT2D eigenvalue weighted by atomic mass is 16.3. The maximum Gasteiger partial charge on any atom is 0.269 e. The maximum absolute atomic E-state index is 12.3. The fourth-order valence-corrected chi connectivity index (χ4v) is 2.15. The van der Waals surface area contributed by atoms with Gasteiger partial charge in [-0.05, 0) is 24.3 Å². The van der Waals surface area contributed by atoms with Crippen LogP contribution >= 0.6 is 0 Å². The van der Waals surface area contributed by atoms with Crippen LogP contribution in [0.1, 0.15) is 50.3 Å². The van der Waals surface area contributed by atoms with Gasteiger partial charge in [0.2, 0.25) is 0 Å². The van der Waals surface area contributed by atoms with Crippen LogP contribution in [0.5, 0.6) is 0 Å². The summed E-state index contributed by atoms with van der Waals surface area (Å²) in [6, 6.07) is 1.62. The van der Waals surface area contributed by atoms with E-state index in [0.29, 0.717) is 11.6 Å². The fraction of sp³-hybridized carbons (Fsp3) is 0.733. The van der Waals surface area contributed by atoms with E-state index in [2.05, 4.69) is 24.3 Å². The standard InChI is InChI=1S/C15H27N3O2/c1-6-11(4)13(9-19)16-15(20)14-8-12(7-10(2)3)17-18(14)5/h8,10-11,13,19H,6-7,9H2,1-5H3,(H,16,20)/t11-,13+/m1/s1. The van der Waals surface area contributed by atoms with E-state index in [4.69, 9.17) is 0 Å². The van der Waals surface area contributed by atoms with E-state index in [9.17, 15) is 9.90 Å². The van der Waals surface area contributed by atoms with Crippen molar-refractivity contribution in [2.45, 2.75) is 46.6 Å². The van der Waals surface area contributed by atoms with Gasteiger partial charge in [-0.3, -0.25) is 9.48 Å². The Morgan fingerprint density at radius 2 is 2.10 bits per heavy atom. The first-order chi connectivity index (χ1) is 9.38. The minimum atomic E-state index is -0.212. The predicted octanol–water partition coefficient (Wildman–Crippen LogP) is 1.76. The van der Waals surface area contributed by atoms with Gasteiger partial charge in [0, 0.05) is 7.05 Å². The van der Waals surface area contributed by atoms with Crippen molar-refractivity contribution in [3.63, 3.8) is 0 Å². The number of hydrogen-bond acceptors (Lipinski definition) is 3. The number of hydrogen-bond donors (Lipinski definition) is 2. The second-order valence-electron chi connectivity index (χ2n) is 5.89. The average molecular weight is 281 g/mol. The van der Waals surface area contributed by atoms with Crippen LogP contribution in [-0.4, -0.2) is 33.4 Å². The van der Waals surface area contributed by atoms with Gasteiger partial charge in [0.25, 0.3) is 5.91 Å². The second kappa shape index (κ2) is 7.43. The molecule has 0 saturated carbocycles. The summed E-state index contributed by atoms with van der Waals surface area (Å²) in [5, 5.41) is 16.6. The van der Waals surface area contributed by atoms with Crippen LogP contribution in [0, 0.1) is 11.8 Å². The molecule has 20 heavy (non-hydrogen) atoms. The van der Waals surface area contributed by atoms with Crippen molar-refractivity contribution in [2.24, 2.45) is 18.9 Å². The molecule has 5 nitrogen and oxygen atoms in total. The molecule has 0 aliphatic rings. The number of aliphatic hydroxyl groups excluding tert-OH is 1.